The minimum absolute atomic E-state index is 0.119. The van der Waals surface area contributed by atoms with Gasteiger partial charge < -0.3 is 10.1 Å². The van der Waals surface area contributed by atoms with E-state index in [-0.39, 0.29) is 12.1 Å². The summed E-state index contributed by atoms with van der Waals surface area (Å²) in [6.45, 7) is 2.00. The number of para-hydroxylation sites is 1. The molecular weight excluding hydrogens is 445 g/mol. The van der Waals surface area contributed by atoms with Crippen molar-refractivity contribution in [3.8, 4) is 5.75 Å². The summed E-state index contributed by atoms with van der Waals surface area (Å²) in [5.74, 6) is -1.19. The Labute approximate surface area is 144 Å². The quantitative estimate of drug-likeness (QED) is 0.549. The molecule has 1 aromatic heterocycles. The van der Waals surface area contributed by atoms with Crippen LogP contribution in [0.5, 0.6) is 5.75 Å². The molecule has 0 aliphatic rings. The molecule has 1 aromatic carbocycles. The zero-order valence-corrected chi connectivity index (χ0v) is 15.0. The van der Waals surface area contributed by atoms with Crippen LogP contribution in [0.25, 0.3) is 0 Å². The van der Waals surface area contributed by atoms with Gasteiger partial charge in [0.25, 0.3) is 5.91 Å². The van der Waals surface area contributed by atoms with Crippen LogP contribution in [0.1, 0.15) is 21.7 Å². The molecule has 0 aliphatic carbocycles. The maximum absolute atomic E-state index is 12.4. The monoisotopic (exact) mass is 457 g/mol. The van der Waals surface area contributed by atoms with E-state index in [1.165, 1.54) is 18.2 Å². The van der Waals surface area contributed by atoms with Crippen LogP contribution in [-0.4, -0.2) is 21.8 Å². The number of halogens is 4. The summed E-state index contributed by atoms with van der Waals surface area (Å²) in [4.78, 5) is 12.1. The van der Waals surface area contributed by atoms with Gasteiger partial charge in [-0.1, -0.05) is 12.1 Å². The fraction of sp³-hybridized carbons (Fsp3) is 0.231. The molecule has 1 amide bonds. The van der Waals surface area contributed by atoms with Gasteiger partial charge in [0.1, 0.15) is 5.75 Å². The SMILES string of the molecule is Cc1cc(CNC(=O)c2ccccc2OC(F)(F)F)nn1PI. The van der Waals surface area contributed by atoms with Gasteiger partial charge in [-0.05, 0) is 47.2 Å². The Hall–Kier alpha value is -1.35. The summed E-state index contributed by atoms with van der Waals surface area (Å²) < 4.78 is 42.7. The molecule has 0 saturated carbocycles. The van der Waals surface area contributed by atoms with E-state index in [0.717, 1.165) is 11.8 Å². The minimum Gasteiger partial charge on any atom is -0.405 e. The van der Waals surface area contributed by atoms with Crippen molar-refractivity contribution in [3.05, 3.63) is 47.3 Å². The lowest BCUT2D eigenvalue weighted by Gasteiger charge is -2.12. The molecule has 0 aliphatic heterocycles. The highest BCUT2D eigenvalue weighted by molar-refractivity contribution is 14.2. The predicted octanol–water partition coefficient (Wildman–Crippen LogP) is 3.81. The first-order valence-corrected chi connectivity index (χ1v) is 10.4. The molecule has 1 N–H and O–H groups in total. The van der Waals surface area contributed by atoms with Gasteiger partial charge in [-0.25, -0.2) is 4.45 Å². The predicted molar refractivity (Wildman–Crippen MR) is 89.0 cm³/mol. The number of nitrogens with one attached hydrogen (secondary N) is 1. The summed E-state index contributed by atoms with van der Waals surface area (Å²) in [5.41, 5.74) is 1.40. The van der Waals surface area contributed by atoms with Crippen LogP contribution in [0, 0.1) is 6.92 Å². The van der Waals surface area contributed by atoms with E-state index < -0.39 is 18.0 Å². The highest BCUT2D eigenvalue weighted by atomic mass is 127. The summed E-state index contributed by atoms with van der Waals surface area (Å²) in [5, 5.41) is 6.82. The number of aromatic nitrogens is 2. The second kappa shape index (κ2) is 7.48. The van der Waals surface area contributed by atoms with Crippen molar-refractivity contribution >= 4 is 34.3 Å². The van der Waals surface area contributed by atoms with E-state index in [9.17, 15) is 18.0 Å². The molecule has 0 fully saturated rings. The highest BCUT2D eigenvalue weighted by Gasteiger charge is 2.32. The van der Waals surface area contributed by atoms with Gasteiger partial charge in [0.15, 0.2) is 0 Å². The Morgan fingerprint density at radius 3 is 2.74 bits per heavy atom. The second-order valence-electron chi connectivity index (χ2n) is 4.50. The van der Waals surface area contributed by atoms with E-state index in [4.69, 9.17) is 0 Å². The number of carbonyl (C=O) groups is 1. The van der Waals surface area contributed by atoms with Gasteiger partial charge in [-0.15, -0.1) is 13.2 Å². The molecule has 1 atom stereocenters. The maximum atomic E-state index is 12.4. The molecule has 1 heterocycles. The average molecular weight is 457 g/mol. The smallest absolute Gasteiger partial charge is 0.405 e. The molecule has 0 spiro atoms. The van der Waals surface area contributed by atoms with Crippen LogP contribution in [-0.2, 0) is 6.54 Å². The molecule has 0 bridgehead atoms. The number of alkyl halides is 3. The molecule has 1 unspecified atom stereocenters. The van der Waals surface area contributed by atoms with Crippen LogP contribution in [0.15, 0.2) is 30.3 Å². The summed E-state index contributed by atoms with van der Waals surface area (Å²) in [6.07, 6.45) is -4.42. The Kier molecular flexibility index (Phi) is 5.85. The molecule has 0 radical (unpaired) electrons. The Balaban J connectivity index is 2.08. The normalized spacial score (nSPS) is 11.9. The Morgan fingerprint density at radius 2 is 2.13 bits per heavy atom. The number of rotatable bonds is 5. The number of aryl methyl sites for hydroxylation is 1. The van der Waals surface area contributed by atoms with E-state index in [0.29, 0.717) is 12.1 Å². The van der Waals surface area contributed by atoms with Gasteiger partial charge >= 0.3 is 6.36 Å². The number of ether oxygens (including phenoxy) is 1. The molecular formula is C13H12F3IN3O2P. The first-order valence-electron chi connectivity index (χ1n) is 6.35. The molecule has 2 aromatic rings. The lowest BCUT2D eigenvalue weighted by molar-refractivity contribution is -0.274. The number of hydrogen-bond donors (Lipinski definition) is 1. The number of amides is 1. The van der Waals surface area contributed by atoms with E-state index >= 15 is 0 Å². The lowest BCUT2D eigenvalue weighted by atomic mass is 10.2. The first kappa shape index (κ1) is 18.0. The van der Waals surface area contributed by atoms with Crippen molar-refractivity contribution in [1.82, 2.24) is 14.9 Å². The zero-order valence-electron chi connectivity index (χ0n) is 11.8. The van der Waals surface area contributed by atoms with Crippen molar-refractivity contribution in [2.45, 2.75) is 19.8 Å². The van der Waals surface area contributed by atoms with Crippen molar-refractivity contribution in [3.63, 3.8) is 0 Å². The van der Waals surface area contributed by atoms with Crippen LogP contribution < -0.4 is 10.1 Å². The summed E-state index contributed by atoms with van der Waals surface area (Å²) in [6, 6.07) is 7.01. The van der Waals surface area contributed by atoms with Gasteiger partial charge in [-0.3, -0.25) is 4.79 Å². The largest absolute Gasteiger partial charge is 0.573 e. The van der Waals surface area contributed by atoms with Crippen LogP contribution in [0.2, 0.25) is 0 Å². The lowest BCUT2D eigenvalue weighted by Crippen LogP contribution is -2.25. The molecule has 5 nitrogen and oxygen atoms in total. The van der Waals surface area contributed by atoms with Crippen molar-refractivity contribution in [2.24, 2.45) is 0 Å². The molecule has 0 saturated heterocycles. The van der Waals surface area contributed by atoms with E-state index in [2.05, 4.69) is 37.2 Å². The number of benzene rings is 1. The van der Waals surface area contributed by atoms with Crippen molar-refractivity contribution in [2.75, 3.05) is 0 Å². The third kappa shape index (κ3) is 5.07. The van der Waals surface area contributed by atoms with Gasteiger partial charge in [-0.2, -0.15) is 5.10 Å². The maximum Gasteiger partial charge on any atom is 0.573 e. The van der Waals surface area contributed by atoms with Crippen LogP contribution >= 0.6 is 28.4 Å². The van der Waals surface area contributed by atoms with Gasteiger partial charge in [0, 0.05) is 5.69 Å². The third-order valence-corrected chi connectivity index (χ3v) is 4.79. The average Bonchev–Trinajstić information content (AvgIpc) is 2.84. The minimum atomic E-state index is -4.85. The summed E-state index contributed by atoms with van der Waals surface area (Å²) >= 11 is 2.18. The number of hydrogen-bond acceptors (Lipinski definition) is 3. The van der Waals surface area contributed by atoms with Gasteiger partial charge in [0.05, 0.1) is 24.2 Å². The molecule has 2 rings (SSSR count). The Bertz CT molecular complexity index is 706. The number of carbonyl (C=O) groups excluding carboxylic acids is 1. The van der Waals surface area contributed by atoms with Gasteiger partial charge in [0.2, 0.25) is 0 Å². The zero-order chi connectivity index (χ0) is 17.0. The third-order valence-electron chi connectivity index (χ3n) is 2.81. The van der Waals surface area contributed by atoms with E-state index in [1.54, 1.807) is 4.45 Å². The highest BCUT2D eigenvalue weighted by Crippen LogP contribution is 2.27. The van der Waals surface area contributed by atoms with Crippen LogP contribution in [0.3, 0.4) is 0 Å². The molecule has 10 heteroatoms. The standard InChI is InChI=1S/C13H12F3IN3O2P/c1-8-6-9(19-20(8)23-17)7-18-12(21)10-4-2-3-5-11(10)22-13(14,15)16/h2-6,23H,7H2,1H3,(H,18,21). The van der Waals surface area contributed by atoms with Crippen molar-refractivity contribution in [1.29, 1.82) is 0 Å². The molecule has 23 heavy (non-hydrogen) atoms. The summed E-state index contributed by atoms with van der Waals surface area (Å²) in [7, 11) is 0. The fourth-order valence-electron chi connectivity index (χ4n) is 1.84. The molecule has 124 valence electrons. The van der Waals surface area contributed by atoms with Crippen molar-refractivity contribution < 1.29 is 22.7 Å². The topological polar surface area (TPSA) is 56.1 Å². The van der Waals surface area contributed by atoms with E-state index in [1.807, 2.05) is 13.0 Å². The first-order chi connectivity index (χ1) is 10.8. The Morgan fingerprint density at radius 1 is 1.43 bits per heavy atom. The van der Waals surface area contributed by atoms with Crippen LogP contribution in [0.4, 0.5) is 13.2 Å². The second-order valence-corrected chi connectivity index (χ2v) is 6.54. The fourth-order valence-corrected chi connectivity index (χ4v) is 3.67. The number of nitrogens with zero attached hydrogens (tertiary/aromatic N) is 2.